The summed E-state index contributed by atoms with van der Waals surface area (Å²) >= 11 is 0. The second kappa shape index (κ2) is 6.91. The van der Waals surface area contributed by atoms with Crippen LogP contribution in [0.3, 0.4) is 0 Å². The zero-order chi connectivity index (χ0) is 17.0. The van der Waals surface area contributed by atoms with E-state index in [0.717, 1.165) is 11.1 Å². The van der Waals surface area contributed by atoms with Crippen LogP contribution in [0.2, 0.25) is 0 Å². The second-order valence-electron chi connectivity index (χ2n) is 5.25. The Bertz CT molecular complexity index is 756. The van der Waals surface area contributed by atoms with Crippen LogP contribution < -0.4 is 10.1 Å². The van der Waals surface area contributed by atoms with E-state index in [0.29, 0.717) is 17.0 Å². The summed E-state index contributed by atoms with van der Waals surface area (Å²) in [5.74, 6) is 0.388. The van der Waals surface area contributed by atoms with Gasteiger partial charge in [0.15, 0.2) is 0 Å². The molecule has 0 spiro atoms. The van der Waals surface area contributed by atoms with Crippen LogP contribution in [0.5, 0.6) is 5.75 Å². The van der Waals surface area contributed by atoms with E-state index in [-0.39, 0.29) is 18.0 Å². The molecule has 0 unspecified atom stereocenters. The maximum Gasteiger partial charge on any atom is 0.274 e. The molecular formula is C17H18N2O4. The molecular weight excluding hydrogens is 296 g/mol. The minimum absolute atomic E-state index is 0.0177. The molecule has 0 saturated carbocycles. The molecule has 0 bridgehead atoms. The van der Waals surface area contributed by atoms with Crippen molar-refractivity contribution in [3.63, 3.8) is 0 Å². The summed E-state index contributed by atoms with van der Waals surface area (Å²) in [5.41, 5.74) is 2.65. The zero-order valence-electron chi connectivity index (χ0n) is 13.3. The Morgan fingerprint density at radius 1 is 1.26 bits per heavy atom. The van der Waals surface area contributed by atoms with Gasteiger partial charge in [0, 0.05) is 11.6 Å². The van der Waals surface area contributed by atoms with Gasteiger partial charge in [0.2, 0.25) is 5.91 Å². The molecule has 1 N–H and O–H groups in total. The standard InChI is InChI=1S/C17H18N2O4/c1-11-7-8-16(23-3)13(9-11)10-17(20)18-14-5-4-6-15(12(14)2)19(21)22/h4-9H,10H2,1-3H3,(H,18,20). The van der Waals surface area contributed by atoms with E-state index in [1.807, 2.05) is 25.1 Å². The number of ether oxygens (including phenoxy) is 1. The molecule has 0 radical (unpaired) electrons. The number of hydrogen-bond acceptors (Lipinski definition) is 4. The minimum atomic E-state index is -0.464. The van der Waals surface area contributed by atoms with Crippen molar-refractivity contribution in [1.29, 1.82) is 0 Å². The monoisotopic (exact) mass is 314 g/mol. The van der Waals surface area contributed by atoms with Crippen molar-refractivity contribution in [2.24, 2.45) is 0 Å². The number of nitrogens with one attached hydrogen (secondary N) is 1. The quantitative estimate of drug-likeness (QED) is 0.677. The van der Waals surface area contributed by atoms with E-state index in [1.54, 1.807) is 26.2 Å². The van der Waals surface area contributed by atoms with Crippen molar-refractivity contribution in [2.75, 3.05) is 12.4 Å². The highest BCUT2D eigenvalue weighted by atomic mass is 16.6. The molecule has 0 saturated heterocycles. The van der Waals surface area contributed by atoms with Gasteiger partial charge in [-0.05, 0) is 26.0 Å². The average Bonchev–Trinajstić information content (AvgIpc) is 2.49. The number of benzene rings is 2. The van der Waals surface area contributed by atoms with E-state index < -0.39 is 4.92 Å². The second-order valence-corrected chi connectivity index (χ2v) is 5.25. The van der Waals surface area contributed by atoms with Crippen LogP contribution in [0.4, 0.5) is 11.4 Å². The first-order valence-electron chi connectivity index (χ1n) is 7.09. The summed E-state index contributed by atoms with van der Waals surface area (Å²) in [6.07, 6.45) is 0.132. The van der Waals surface area contributed by atoms with Crippen LogP contribution in [0.15, 0.2) is 36.4 Å². The van der Waals surface area contributed by atoms with E-state index >= 15 is 0 Å². The maximum atomic E-state index is 12.3. The van der Waals surface area contributed by atoms with Gasteiger partial charge in [0.25, 0.3) is 5.69 Å². The normalized spacial score (nSPS) is 10.2. The molecule has 23 heavy (non-hydrogen) atoms. The lowest BCUT2D eigenvalue weighted by Crippen LogP contribution is -2.16. The Morgan fingerprint density at radius 2 is 2.00 bits per heavy atom. The van der Waals surface area contributed by atoms with E-state index in [4.69, 9.17) is 4.74 Å². The Balaban J connectivity index is 2.19. The molecule has 0 heterocycles. The Kier molecular flexibility index (Phi) is 4.95. The number of amides is 1. The first-order valence-corrected chi connectivity index (χ1v) is 7.09. The van der Waals surface area contributed by atoms with Crippen LogP contribution in [-0.2, 0) is 11.2 Å². The summed E-state index contributed by atoms with van der Waals surface area (Å²) in [7, 11) is 1.55. The predicted octanol–water partition coefficient (Wildman–Crippen LogP) is 3.40. The molecule has 6 nitrogen and oxygen atoms in total. The number of aryl methyl sites for hydroxylation is 1. The van der Waals surface area contributed by atoms with Crippen LogP contribution in [0.25, 0.3) is 0 Å². The number of nitro groups is 1. The number of carbonyl (C=O) groups is 1. The first kappa shape index (κ1) is 16.5. The number of nitro benzene ring substituents is 1. The molecule has 0 aromatic heterocycles. The molecule has 2 rings (SSSR count). The largest absolute Gasteiger partial charge is 0.496 e. The molecule has 0 atom stereocenters. The highest BCUT2D eigenvalue weighted by Gasteiger charge is 2.16. The highest BCUT2D eigenvalue weighted by Crippen LogP contribution is 2.26. The summed E-state index contributed by atoms with van der Waals surface area (Å²) in [6, 6.07) is 10.2. The molecule has 1 amide bonds. The minimum Gasteiger partial charge on any atom is -0.496 e. The maximum absolute atomic E-state index is 12.3. The highest BCUT2D eigenvalue weighted by molar-refractivity contribution is 5.93. The Labute approximate surface area is 134 Å². The number of methoxy groups -OCH3 is 1. The fourth-order valence-electron chi connectivity index (χ4n) is 2.37. The van der Waals surface area contributed by atoms with Crippen LogP contribution in [0, 0.1) is 24.0 Å². The SMILES string of the molecule is COc1ccc(C)cc1CC(=O)Nc1cccc([N+](=O)[O-])c1C. The summed E-state index contributed by atoms with van der Waals surface area (Å²) in [6.45, 7) is 3.55. The van der Waals surface area contributed by atoms with Gasteiger partial charge < -0.3 is 10.1 Å². The third kappa shape index (κ3) is 3.85. The molecule has 0 aliphatic rings. The van der Waals surface area contributed by atoms with Crippen LogP contribution in [-0.4, -0.2) is 17.9 Å². The van der Waals surface area contributed by atoms with Gasteiger partial charge in [-0.2, -0.15) is 0 Å². The van der Waals surface area contributed by atoms with E-state index in [2.05, 4.69) is 5.32 Å². The average molecular weight is 314 g/mol. The van der Waals surface area contributed by atoms with Crippen molar-refractivity contribution in [2.45, 2.75) is 20.3 Å². The third-order valence-electron chi connectivity index (χ3n) is 3.56. The molecule has 0 aliphatic heterocycles. The summed E-state index contributed by atoms with van der Waals surface area (Å²) < 4.78 is 5.26. The molecule has 0 fully saturated rings. The van der Waals surface area contributed by atoms with E-state index in [9.17, 15) is 14.9 Å². The number of carbonyl (C=O) groups excluding carboxylic acids is 1. The third-order valence-corrected chi connectivity index (χ3v) is 3.56. The fraction of sp³-hybridized carbons (Fsp3) is 0.235. The van der Waals surface area contributed by atoms with Crippen molar-refractivity contribution >= 4 is 17.3 Å². The summed E-state index contributed by atoms with van der Waals surface area (Å²) in [4.78, 5) is 22.7. The number of hydrogen-bond donors (Lipinski definition) is 1. The number of nitrogens with zero attached hydrogens (tertiary/aromatic N) is 1. The summed E-state index contributed by atoms with van der Waals surface area (Å²) in [5, 5.41) is 13.7. The zero-order valence-corrected chi connectivity index (χ0v) is 13.3. The Morgan fingerprint density at radius 3 is 2.65 bits per heavy atom. The molecule has 2 aromatic carbocycles. The topological polar surface area (TPSA) is 81.5 Å². The van der Waals surface area contributed by atoms with Crippen molar-refractivity contribution in [3.05, 3.63) is 63.2 Å². The number of rotatable bonds is 5. The lowest BCUT2D eigenvalue weighted by Gasteiger charge is -2.11. The lowest BCUT2D eigenvalue weighted by atomic mass is 10.1. The molecule has 0 aliphatic carbocycles. The lowest BCUT2D eigenvalue weighted by molar-refractivity contribution is -0.385. The van der Waals surface area contributed by atoms with Crippen molar-refractivity contribution < 1.29 is 14.5 Å². The van der Waals surface area contributed by atoms with Gasteiger partial charge in [-0.1, -0.05) is 23.8 Å². The molecule has 6 heteroatoms. The van der Waals surface area contributed by atoms with Gasteiger partial charge in [-0.15, -0.1) is 0 Å². The van der Waals surface area contributed by atoms with Gasteiger partial charge >= 0.3 is 0 Å². The Hall–Kier alpha value is -2.89. The fourth-order valence-corrected chi connectivity index (χ4v) is 2.37. The van der Waals surface area contributed by atoms with E-state index in [1.165, 1.54) is 6.07 Å². The van der Waals surface area contributed by atoms with Gasteiger partial charge in [-0.25, -0.2) is 0 Å². The number of anilines is 1. The first-order chi connectivity index (χ1) is 10.9. The van der Waals surface area contributed by atoms with Crippen molar-refractivity contribution in [3.8, 4) is 5.75 Å². The smallest absolute Gasteiger partial charge is 0.274 e. The van der Waals surface area contributed by atoms with Gasteiger partial charge in [-0.3, -0.25) is 14.9 Å². The predicted molar refractivity (Wildman–Crippen MR) is 87.9 cm³/mol. The van der Waals surface area contributed by atoms with Crippen LogP contribution >= 0.6 is 0 Å². The van der Waals surface area contributed by atoms with Gasteiger partial charge in [0.1, 0.15) is 5.75 Å². The van der Waals surface area contributed by atoms with Crippen molar-refractivity contribution in [1.82, 2.24) is 0 Å². The molecule has 2 aromatic rings. The van der Waals surface area contributed by atoms with Gasteiger partial charge in [0.05, 0.1) is 29.7 Å². The molecule has 120 valence electrons. The van der Waals surface area contributed by atoms with Crippen LogP contribution in [0.1, 0.15) is 16.7 Å².